The lowest BCUT2D eigenvalue weighted by Crippen LogP contribution is -2.47. The van der Waals surface area contributed by atoms with Crippen LogP contribution in [0, 0.1) is 5.82 Å². The SMILES string of the molecule is O=C(Nc1ccc(-n2ccccc2=O)cc1F)C1Cc2cccnc2N1C(=O)Nc1ccc(Cl)cn1. The lowest BCUT2D eigenvalue weighted by atomic mass is 10.1. The van der Waals surface area contributed by atoms with Crippen LogP contribution in [-0.2, 0) is 11.2 Å². The van der Waals surface area contributed by atoms with Crippen molar-refractivity contribution in [3.8, 4) is 5.69 Å². The minimum atomic E-state index is -0.988. The number of carbonyl (C=O) groups is 2. The Morgan fingerprint density at radius 3 is 2.64 bits per heavy atom. The van der Waals surface area contributed by atoms with E-state index in [-0.39, 0.29) is 23.5 Å². The van der Waals surface area contributed by atoms with Crippen molar-refractivity contribution in [1.82, 2.24) is 14.5 Å². The third kappa shape index (κ3) is 4.53. The summed E-state index contributed by atoms with van der Waals surface area (Å²) in [7, 11) is 0. The maximum Gasteiger partial charge on any atom is 0.329 e. The van der Waals surface area contributed by atoms with Gasteiger partial charge in [-0.2, -0.15) is 0 Å². The van der Waals surface area contributed by atoms with Gasteiger partial charge >= 0.3 is 6.03 Å². The Kier molecular flexibility index (Phi) is 6.17. The van der Waals surface area contributed by atoms with Gasteiger partial charge in [0.15, 0.2) is 0 Å². The van der Waals surface area contributed by atoms with Gasteiger partial charge in [0.25, 0.3) is 5.56 Å². The number of pyridine rings is 3. The third-order valence-corrected chi connectivity index (χ3v) is 5.84. The molecule has 0 saturated heterocycles. The molecule has 1 atom stereocenters. The normalized spacial score (nSPS) is 14.3. The van der Waals surface area contributed by atoms with Crippen molar-refractivity contribution < 1.29 is 14.0 Å². The van der Waals surface area contributed by atoms with Gasteiger partial charge in [0.05, 0.1) is 16.4 Å². The maximum absolute atomic E-state index is 14.9. The number of rotatable bonds is 4. The lowest BCUT2D eigenvalue weighted by molar-refractivity contribution is -0.117. The molecule has 180 valence electrons. The molecule has 0 radical (unpaired) electrons. The number of benzene rings is 1. The summed E-state index contributed by atoms with van der Waals surface area (Å²) in [5.41, 5.74) is 0.597. The van der Waals surface area contributed by atoms with E-state index in [2.05, 4.69) is 20.6 Å². The standard InChI is InChI=1S/C25H18ClFN6O3/c26-16-6-9-21(29-14-16)31-25(36)33-20(12-15-4-3-10-28-23(15)33)24(35)30-19-8-7-17(13-18(19)27)32-11-2-1-5-22(32)34/h1-11,13-14,20H,12H2,(H,30,35)(H,29,31,36). The van der Waals surface area contributed by atoms with E-state index in [1.807, 2.05) is 0 Å². The van der Waals surface area contributed by atoms with E-state index < -0.39 is 23.8 Å². The number of urea groups is 1. The number of carbonyl (C=O) groups excluding carboxylic acids is 2. The number of halogens is 2. The highest BCUT2D eigenvalue weighted by atomic mass is 35.5. The highest BCUT2D eigenvalue weighted by molar-refractivity contribution is 6.30. The van der Waals surface area contributed by atoms with Crippen molar-refractivity contribution in [3.05, 3.63) is 106 Å². The van der Waals surface area contributed by atoms with E-state index in [0.717, 1.165) is 6.07 Å². The van der Waals surface area contributed by atoms with Crippen molar-refractivity contribution in [2.75, 3.05) is 15.5 Å². The van der Waals surface area contributed by atoms with E-state index in [4.69, 9.17) is 11.6 Å². The Morgan fingerprint density at radius 2 is 1.89 bits per heavy atom. The predicted octanol–water partition coefficient (Wildman–Crippen LogP) is 4.02. The number of hydrogen-bond acceptors (Lipinski definition) is 5. The van der Waals surface area contributed by atoms with Crippen LogP contribution in [0.3, 0.4) is 0 Å². The molecule has 0 bridgehead atoms. The molecule has 0 saturated carbocycles. The molecule has 4 heterocycles. The summed E-state index contributed by atoms with van der Waals surface area (Å²) in [6.45, 7) is 0. The molecule has 4 aromatic rings. The highest BCUT2D eigenvalue weighted by Crippen LogP contribution is 2.31. The molecule has 1 aliphatic rings. The third-order valence-electron chi connectivity index (χ3n) is 5.62. The van der Waals surface area contributed by atoms with Gasteiger partial charge in [-0.05, 0) is 42.0 Å². The first kappa shape index (κ1) is 23.2. The highest BCUT2D eigenvalue weighted by Gasteiger charge is 2.40. The fourth-order valence-electron chi connectivity index (χ4n) is 3.93. The van der Waals surface area contributed by atoms with Crippen LogP contribution in [0.25, 0.3) is 5.69 Å². The predicted molar refractivity (Wildman–Crippen MR) is 133 cm³/mol. The zero-order chi connectivity index (χ0) is 25.2. The topological polar surface area (TPSA) is 109 Å². The van der Waals surface area contributed by atoms with Crippen LogP contribution in [0.15, 0.2) is 84.0 Å². The summed E-state index contributed by atoms with van der Waals surface area (Å²) in [5, 5.41) is 5.59. The van der Waals surface area contributed by atoms with Gasteiger partial charge in [-0.25, -0.2) is 19.2 Å². The monoisotopic (exact) mass is 504 g/mol. The number of fused-ring (bicyclic) bond motifs is 1. The van der Waals surface area contributed by atoms with Gasteiger partial charge in [-0.1, -0.05) is 23.7 Å². The molecule has 0 fully saturated rings. The average Bonchev–Trinajstić information content (AvgIpc) is 3.27. The number of aromatic nitrogens is 3. The number of nitrogens with zero attached hydrogens (tertiary/aromatic N) is 4. The van der Waals surface area contributed by atoms with Crippen molar-refractivity contribution in [1.29, 1.82) is 0 Å². The first-order chi connectivity index (χ1) is 17.4. The van der Waals surface area contributed by atoms with E-state index in [0.29, 0.717) is 22.1 Å². The van der Waals surface area contributed by atoms with Gasteiger partial charge in [0, 0.05) is 37.1 Å². The lowest BCUT2D eigenvalue weighted by Gasteiger charge is -2.24. The Morgan fingerprint density at radius 1 is 1.03 bits per heavy atom. The molecule has 1 aliphatic heterocycles. The smallest absolute Gasteiger partial charge is 0.322 e. The molecule has 36 heavy (non-hydrogen) atoms. The number of amides is 3. The summed E-state index contributed by atoms with van der Waals surface area (Å²) in [4.78, 5) is 48.0. The van der Waals surface area contributed by atoms with E-state index >= 15 is 0 Å². The van der Waals surface area contributed by atoms with Crippen molar-refractivity contribution in [2.24, 2.45) is 0 Å². The molecule has 1 unspecified atom stereocenters. The zero-order valence-electron chi connectivity index (χ0n) is 18.6. The number of nitrogens with one attached hydrogen (secondary N) is 2. The first-order valence-electron chi connectivity index (χ1n) is 10.8. The molecule has 11 heteroatoms. The van der Waals surface area contributed by atoms with E-state index in [9.17, 15) is 18.8 Å². The van der Waals surface area contributed by atoms with Gasteiger partial charge in [-0.3, -0.25) is 24.4 Å². The van der Waals surface area contributed by atoms with Gasteiger partial charge in [0.1, 0.15) is 23.5 Å². The van der Waals surface area contributed by atoms with E-state index in [1.165, 1.54) is 52.3 Å². The summed E-state index contributed by atoms with van der Waals surface area (Å²) >= 11 is 5.85. The summed E-state index contributed by atoms with van der Waals surface area (Å²) in [5.74, 6) is -0.767. The molecule has 5 rings (SSSR count). The Bertz CT molecular complexity index is 1520. The summed E-state index contributed by atoms with van der Waals surface area (Å²) in [6, 6.07) is 13.6. The van der Waals surface area contributed by atoms with Crippen LogP contribution >= 0.6 is 11.6 Å². The number of anilines is 3. The minimum absolute atomic E-state index is 0.0867. The maximum atomic E-state index is 14.9. The summed E-state index contributed by atoms with van der Waals surface area (Å²) in [6.07, 6.45) is 4.61. The second-order valence-corrected chi connectivity index (χ2v) is 8.37. The van der Waals surface area contributed by atoms with Crippen LogP contribution in [0.2, 0.25) is 5.02 Å². The molecular formula is C25H18ClFN6O3. The van der Waals surface area contributed by atoms with Crippen molar-refractivity contribution in [3.63, 3.8) is 0 Å². The van der Waals surface area contributed by atoms with Gasteiger partial charge in [-0.15, -0.1) is 0 Å². The molecule has 0 aliphatic carbocycles. The molecule has 3 amide bonds. The van der Waals surface area contributed by atoms with Crippen LogP contribution in [0.4, 0.5) is 26.5 Å². The molecule has 0 spiro atoms. The molecule has 9 nitrogen and oxygen atoms in total. The van der Waals surface area contributed by atoms with Crippen LogP contribution in [-0.4, -0.2) is 32.5 Å². The largest absolute Gasteiger partial charge is 0.329 e. The van der Waals surface area contributed by atoms with Gasteiger partial charge in [0.2, 0.25) is 5.91 Å². The Labute approximate surface area is 209 Å². The fourth-order valence-corrected chi connectivity index (χ4v) is 4.04. The molecular weight excluding hydrogens is 487 g/mol. The molecule has 3 aromatic heterocycles. The Hall–Kier alpha value is -4.57. The van der Waals surface area contributed by atoms with Crippen LogP contribution < -0.4 is 21.1 Å². The molecule has 2 N–H and O–H groups in total. The number of hydrogen-bond donors (Lipinski definition) is 2. The quantitative estimate of drug-likeness (QED) is 0.436. The summed E-state index contributed by atoms with van der Waals surface area (Å²) < 4.78 is 16.2. The second kappa shape index (κ2) is 9.59. The second-order valence-electron chi connectivity index (χ2n) is 7.93. The minimum Gasteiger partial charge on any atom is -0.322 e. The molecule has 1 aromatic carbocycles. The van der Waals surface area contributed by atoms with Gasteiger partial charge < -0.3 is 5.32 Å². The first-order valence-corrected chi connectivity index (χ1v) is 11.2. The van der Waals surface area contributed by atoms with Crippen molar-refractivity contribution in [2.45, 2.75) is 12.5 Å². The van der Waals surface area contributed by atoms with Crippen molar-refractivity contribution >= 4 is 40.9 Å². The van der Waals surface area contributed by atoms with Crippen LogP contribution in [0.5, 0.6) is 0 Å². The fraction of sp³-hybridized carbons (Fsp3) is 0.0800. The van der Waals surface area contributed by atoms with E-state index in [1.54, 1.807) is 30.3 Å². The average molecular weight is 505 g/mol. The van der Waals surface area contributed by atoms with Crippen LogP contribution in [0.1, 0.15) is 5.56 Å². The zero-order valence-corrected chi connectivity index (χ0v) is 19.3. The Balaban J connectivity index is 1.39.